The normalized spacial score (nSPS) is 10.6. The number of hydrogen-bond donors (Lipinski definition) is 2. The molecule has 2 amide bonds. The van der Waals surface area contributed by atoms with Crippen LogP contribution >= 0.6 is 0 Å². The highest BCUT2D eigenvalue weighted by Gasteiger charge is 2.16. The van der Waals surface area contributed by atoms with Crippen molar-refractivity contribution in [3.8, 4) is 11.3 Å². The number of likely N-dealkylation sites (N-methyl/N-ethyl adjacent to an activating group) is 1. The number of aromatic amines is 1. The molecule has 30 heavy (non-hydrogen) atoms. The van der Waals surface area contributed by atoms with E-state index in [4.69, 9.17) is 0 Å². The molecule has 0 bridgehead atoms. The van der Waals surface area contributed by atoms with E-state index in [1.807, 2.05) is 49.4 Å². The van der Waals surface area contributed by atoms with Crippen molar-refractivity contribution in [2.75, 3.05) is 13.1 Å². The monoisotopic (exact) mass is 407 g/mol. The SMILES string of the molecule is CCN(CC(=O)NCc1ccc(F)cc1)C(=O)CCc1ccc(-c2ccccc2)[nH]1. The van der Waals surface area contributed by atoms with Crippen molar-refractivity contribution in [2.45, 2.75) is 26.3 Å². The summed E-state index contributed by atoms with van der Waals surface area (Å²) in [5.74, 6) is -0.614. The van der Waals surface area contributed by atoms with E-state index in [-0.39, 0.29) is 24.2 Å². The Labute approximate surface area is 175 Å². The molecule has 0 aliphatic carbocycles. The van der Waals surface area contributed by atoms with Crippen molar-refractivity contribution in [1.29, 1.82) is 0 Å². The van der Waals surface area contributed by atoms with Crippen LogP contribution in [0.5, 0.6) is 0 Å². The summed E-state index contributed by atoms with van der Waals surface area (Å²) in [6, 6.07) is 20.0. The molecule has 0 spiro atoms. The molecule has 1 heterocycles. The van der Waals surface area contributed by atoms with E-state index in [9.17, 15) is 14.0 Å². The number of halogens is 1. The third-order valence-corrected chi connectivity index (χ3v) is 4.91. The van der Waals surface area contributed by atoms with Crippen LogP contribution in [0.25, 0.3) is 11.3 Å². The number of rotatable bonds is 9. The lowest BCUT2D eigenvalue weighted by atomic mass is 10.2. The van der Waals surface area contributed by atoms with Gasteiger partial charge in [0.15, 0.2) is 0 Å². The van der Waals surface area contributed by atoms with Gasteiger partial charge < -0.3 is 15.2 Å². The molecule has 0 radical (unpaired) electrons. The lowest BCUT2D eigenvalue weighted by Crippen LogP contribution is -2.40. The second kappa shape index (κ2) is 10.4. The maximum atomic E-state index is 12.9. The van der Waals surface area contributed by atoms with E-state index in [2.05, 4.69) is 10.3 Å². The molecule has 3 aromatic rings. The molecule has 156 valence electrons. The number of amides is 2. The van der Waals surface area contributed by atoms with Crippen LogP contribution in [0.1, 0.15) is 24.6 Å². The summed E-state index contributed by atoms with van der Waals surface area (Å²) in [5.41, 5.74) is 3.91. The van der Waals surface area contributed by atoms with Gasteiger partial charge in [-0.2, -0.15) is 0 Å². The van der Waals surface area contributed by atoms with E-state index in [0.717, 1.165) is 22.5 Å². The van der Waals surface area contributed by atoms with E-state index < -0.39 is 0 Å². The Kier molecular flexibility index (Phi) is 7.38. The summed E-state index contributed by atoms with van der Waals surface area (Å²) < 4.78 is 12.9. The number of carbonyl (C=O) groups excluding carboxylic acids is 2. The zero-order valence-corrected chi connectivity index (χ0v) is 17.0. The highest BCUT2D eigenvalue weighted by atomic mass is 19.1. The zero-order valence-electron chi connectivity index (χ0n) is 17.0. The van der Waals surface area contributed by atoms with E-state index in [0.29, 0.717) is 25.9 Å². The number of aromatic nitrogens is 1. The van der Waals surface area contributed by atoms with Crippen LogP contribution in [0.15, 0.2) is 66.7 Å². The lowest BCUT2D eigenvalue weighted by Gasteiger charge is -2.20. The lowest BCUT2D eigenvalue weighted by molar-refractivity contribution is -0.135. The van der Waals surface area contributed by atoms with Crippen LogP contribution in [-0.2, 0) is 22.6 Å². The minimum absolute atomic E-state index is 0.0104. The van der Waals surface area contributed by atoms with Crippen LogP contribution in [0.3, 0.4) is 0 Å². The third-order valence-electron chi connectivity index (χ3n) is 4.91. The fourth-order valence-corrected chi connectivity index (χ4v) is 3.18. The van der Waals surface area contributed by atoms with Crippen molar-refractivity contribution in [2.24, 2.45) is 0 Å². The number of hydrogen-bond acceptors (Lipinski definition) is 2. The summed E-state index contributed by atoms with van der Waals surface area (Å²) >= 11 is 0. The average molecular weight is 407 g/mol. The van der Waals surface area contributed by atoms with Gasteiger partial charge in [-0.15, -0.1) is 0 Å². The summed E-state index contributed by atoms with van der Waals surface area (Å²) in [6.45, 7) is 2.63. The number of nitrogens with zero attached hydrogens (tertiary/aromatic N) is 1. The predicted molar refractivity (Wildman–Crippen MR) is 115 cm³/mol. The Morgan fingerprint density at radius 1 is 1.00 bits per heavy atom. The molecule has 2 N–H and O–H groups in total. The van der Waals surface area contributed by atoms with Crippen LogP contribution in [-0.4, -0.2) is 34.8 Å². The van der Waals surface area contributed by atoms with Gasteiger partial charge in [-0.05, 0) is 48.7 Å². The van der Waals surface area contributed by atoms with Crippen molar-refractivity contribution in [3.05, 3.63) is 83.8 Å². The number of H-pyrrole nitrogens is 1. The minimum Gasteiger partial charge on any atom is -0.358 e. The fraction of sp³-hybridized carbons (Fsp3) is 0.250. The molecule has 5 nitrogen and oxygen atoms in total. The van der Waals surface area contributed by atoms with E-state index >= 15 is 0 Å². The maximum Gasteiger partial charge on any atom is 0.239 e. The Balaban J connectivity index is 1.46. The first-order chi connectivity index (χ1) is 14.5. The Morgan fingerprint density at radius 2 is 1.73 bits per heavy atom. The molecule has 1 aromatic heterocycles. The summed E-state index contributed by atoms with van der Waals surface area (Å²) in [5, 5.41) is 2.77. The van der Waals surface area contributed by atoms with Gasteiger partial charge in [0.25, 0.3) is 0 Å². The number of carbonyl (C=O) groups is 2. The maximum absolute atomic E-state index is 12.9. The van der Waals surface area contributed by atoms with Gasteiger partial charge in [-0.3, -0.25) is 9.59 Å². The fourth-order valence-electron chi connectivity index (χ4n) is 3.18. The highest BCUT2D eigenvalue weighted by Crippen LogP contribution is 2.18. The van der Waals surface area contributed by atoms with Crippen LogP contribution in [0.4, 0.5) is 4.39 Å². The molecule has 3 rings (SSSR count). The van der Waals surface area contributed by atoms with Gasteiger partial charge in [-0.25, -0.2) is 4.39 Å². The molecule has 0 saturated carbocycles. The molecule has 0 atom stereocenters. The van der Waals surface area contributed by atoms with Gasteiger partial charge in [-0.1, -0.05) is 42.5 Å². The van der Waals surface area contributed by atoms with Gasteiger partial charge in [0.1, 0.15) is 5.82 Å². The first kappa shape index (κ1) is 21.3. The van der Waals surface area contributed by atoms with Crippen LogP contribution in [0.2, 0.25) is 0 Å². The van der Waals surface area contributed by atoms with Crippen molar-refractivity contribution >= 4 is 11.8 Å². The Bertz CT molecular complexity index is 968. The van der Waals surface area contributed by atoms with Crippen LogP contribution < -0.4 is 5.32 Å². The molecule has 6 heteroatoms. The minimum atomic E-state index is -0.314. The Morgan fingerprint density at radius 3 is 2.43 bits per heavy atom. The number of aryl methyl sites for hydroxylation is 1. The molecular weight excluding hydrogens is 381 g/mol. The van der Waals surface area contributed by atoms with E-state index in [1.165, 1.54) is 12.1 Å². The molecular formula is C24H26FN3O2. The first-order valence-electron chi connectivity index (χ1n) is 10.1. The number of nitrogens with one attached hydrogen (secondary N) is 2. The Hall–Kier alpha value is -3.41. The summed E-state index contributed by atoms with van der Waals surface area (Å²) in [4.78, 5) is 29.7. The van der Waals surface area contributed by atoms with Crippen LogP contribution in [0, 0.1) is 5.82 Å². The third kappa shape index (κ3) is 6.04. The van der Waals surface area contributed by atoms with Crippen molar-refractivity contribution in [3.63, 3.8) is 0 Å². The van der Waals surface area contributed by atoms with Crippen molar-refractivity contribution in [1.82, 2.24) is 15.2 Å². The average Bonchev–Trinajstić information content (AvgIpc) is 3.25. The largest absolute Gasteiger partial charge is 0.358 e. The van der Waals surface area contributed by atoms with Gasteiger partial charge >= 0.3 is 0 Å². The van der Waals surface area contributed by atoms with Gasteiger partial charge in [0.2, 0.25) is 11.8 Å². The molecule has 0 saturated heterocycles. The predicted octanol–water partition coefficient (Wildman–Crippen LogP) is 3.92. The molecule has 0 unspecified atom stereocenters. The second-order valence-electron chi connectivity index (χ2n) is 7.07. The standard InChI is InChI=1S/C24H26FN3O2/c1-2-28(17-23(29)26-16-18-8-10-20(25)11-9-18)24(30)15-13-21-12-14-22(27-21)19-6-4-3-5-7-19/h3-12,14,27H,2,13,15-17H2,1H3,(H,26,29). The molecule has 0 aliphatic heterocycles. The van der Waals surface area contributed by atoms with E-state index in [1.54, 1.807) is 17.0 Å². The smallest absolute Gasteiger partial charge is 0.239 e. The molecule has 0 fully saturated rings. The summed E-state index contributed by atoms with van der Waals surface area (Å²) in [7, 11) is 0. The molecule has 2 aromatic carbocycles. The molecule has 0 aliphatic rings. The quantitative estimate of drug-likeness (QED) is 0.565. The second-order valence-corrected chi connectivity index (χ2v) is 7.07. The number of benzene rings is 2. The van der Waals surface area contributed by atoms with Crippen molar-refractivity contribution < 1.29 is 14.0 Å². The van der Waals surface area contributed by atoms with Gasteiger partial charge in [0.05, 0.1) is 6.54 Å². The summed E-state index contributed by atoms with van der Waals surface area (Å²) in [6.07, 6.45) is 0.910. The highest BCUT2D eigenvalue weighted by molar-refractivity contribution is 5.84. The zero-order chi connectivity index (χ0) is 21.3. The van der Waals surface area contributed by atoms with Gasteiger partial charge in [0, 0.05) is 30.9 Å². The first-order valence-corrected chi connectivity index (χ1v) is 10.1. The topological polar surface area (TPSA) is 65.2 Å².